The Kier molecular flexibility index (Phi) is 3.25. The molecule has 2 nitrogen and oxygen atoms in total. The number of benzene rings is 1. The molecule has 1 aromatic carbocycles. The molecule has 44 valence electrons. The Morgan fingerprint density at radius 2 is 1.00 bits per heavy atom. The Bertz CT molecular complexity index is 150. The zero-order valence-electron chi connectivity index (χ0n) is 5.17. The summed E-state index contributed by atoms with van der Waals surface area (Å²) in [6.07, 6.45) is 0. The number of nitrogens with two attached hydrogens (primary N) is 2. The Morgan fingerprint density at radius 3 is 1.22 bits per heavy atom. The largest absolute Gasteiger partial charge is 0.399 e. The fourth-order valence-corrected chi connectivity index (χ4v) is 0.496. The fraction of sp³-hybridized carbons (Fsp3) is 0. The summed E-state index contributed by atoms with van der Waals surface area (Å²) >= 11 is 0. The van der Waals surface area contributed by atoms with Crippen molar-refractivity contribution in [2.75, 3.05) is 11.5 Å². The molecule has 0 heterocycles. The van der Waals surface area contributed by atoms with E-state index >= 15 is 0 Å². The van der Waals surface area contributed by atoms with E-state index in [0.29, 0.717) is 0 Å². The summed E-state index contributed by atoms with van der Waals surface area (Å²) in [7, 11) is 0. The SMILES string of the molecule is Nc1ccc(N)cc1.[Zn]. The molecule has 0 radical (unpaired) electrons. The predicted octanol–water partition coefficient (Wildman–Crippen LogP) is 0.849. The van der Waals surface area contributed by atoms with Gasteiger partial charge in [0.1, 0.15) is 0 Å². The smallest absolute Gasteiger partial charge is 0.0315 e. The molecule has 0 aliphatic rings. The van der Waals surface area contributed by atoms with Gasteiger partial charge in [-0.2, -0.15) is 0 Å². The molecular formula is C6H8N2Zn. The van der Waals surface area contributed by atoms with Gasteiger partial charge >= 0.3 is 0 Å². The van der Waals surface area contributed by atoms with E-state index in [0.717, 1.165) is 11.4 Å². The van der Waals surface area contributed by atoms with Gasteiger partial charge in [-0.25, -0.2) is 0 Å². The molecule has 0 unspecified atom stereocenters. The van der Waals surface area contributed by atoms with Gasteiger partial charge in [0, 0.05) is 30.9 Å². The number of nitrogen functional groups attached to an aromatic ring is 2. The molecule has 0 saturated heterocycles. The van der Waals surface area contributed by atoms with Crippen molar-refractivity contribution in [3.05, 3.63) is 24.3 Å². The topological polar surface area (TPSA) is 52.0 Å². The number of hydrogen-bond donors (Lipinski definition) is 2. The van der Waals surface area contributed by atoms with Crippen LogP contribution in [0.2, 0.25) is 0 Å². The van der Waals surface area contributed by atoms with Gasteiger partial charge in [0.25, 0.3) is 0 Å². The van der Waals surface area contributed by atoms with Gasteiger partial charge in [-0.15, -0.1) is 0 Å². The molecule has 0 fully saturated rings. The van der Waals surface area contributed by atoms with Crippen molar-refractivity contribution in [2.24, 2.45) is 0 Å². The van der Waals surface area contributed by atoms with Crippen molar-refractivity contribution in [1.82, 2.24) is 0 Å². The zero-order chi connectivity index (χ0) is 5.98. The Morgan fingerprint density at radius 1 is 0.778 bits per heavy atom. The van der Waals surface area contributed by atoms with Crippen LogP contribution < -0.4 is 11.5 Å². The maximum absolute atomic E-state index is 5.37. The normalized spacial score (nSPS) is 8.00. The van der Waals surface area contributed by atoms with Gasteiger partial charge in [-0.05, 0) is 24.3 Å². The predicted molar refractivity (Wildman–Crippen MR) is 35.3 cm³/mol. The first-order valence-electron chi connectivity index (χ1n) is 2.40. The van der Waals surface area contributed by atoms with Crippen LogP contribution in [0.25, 0.3) is 0 Å². The quantitative estimate of drug-likeness (QED) is 0.451. The standard InChI is InChI=1S/C6H8N2.Zn/c7-5-1-2-6(8)4-3-5;/h1-4H,7-8H2;. The number of hydrogen-bond acceptors (Lipinski definition) is 2. The van der Waals surface area contributed by atoms with Gasteiger partial charge in [-0.3, -0.25) is 0 Å². The van der Waals surface area contributed by atoms with E-state index in [1.165, 1.54) is 0 Å². The van der Waals surface area contributed by atoms with Crippen molar-refractivity contribution >= 4 is 11.4 Å². The first-order valence-corrected chi connectivity index (χ1v) is 2.40. The molecule has 0 spiro atoms. The molecule has 0 aliphatic carbocycles. The fourth-order valence-electron chi connectivity index (χ4n) is 0.496. The van der Waals surface area contributed by atoms with Crippen molar-refractivity contribution in [3.8, 4) is 0 Å². The van der Waals surface area contributed by atoms with Crippen molar-refractivity contribution in [2.45, 2.75) is 0 Å². The van der Waals surface area contributed by atoms with Crippen LogP contribution in [0.1, 0.15) is 0 Å². The summed E-state index contributed by atoms with van der Waals surface area (Å²) in [5.41, 5.74) is 12.2. The molecular weight excluding hydrogens is 165 g/mol. The Labute approximate surface area is 67.0 Å². The Hall–Kier alpha value is -0.557. The van der Waals surface area contributed by atoms with Crippen LogP contribution in [0.5, 0.6) is 0 Å². The molecule has 0 aliphatic heterocycles. The number of anilines is 2. The Balaban J connectivity index is 0.000000640. The molecule has 1 aromatic rings. The molecule has 3 heteroatoms. The van der Waals surface area contributed by atoms with Crippen LogP contribution in [0.3, 0.4) is 0 Å². The van der Waals surface area contributed by atoms with Crippen LogP contribution >= 0.6 is 0 Å². The van der Waals surface area contributed by atoms with Crippen molar-refractivity contribution in [3.63, 3.8) is 0 Å². The van der Waals surface area contributed by atoms with Gasteiger partial charge < -0.3 is 11.5 Å². The second-order valence-electron chi connectivity index (χ2n) is 1.67. The molecule has 9 heavy (non-hydrogen) atoms. The summed E-state index contributed by atoms with van der Waals surface area (Å²) in [6.45, 7) is 0. The molecule has 0 aromatic heterocycles. The maximum Gasteiger partial charge on any atom is 0.0315 e. The molecule has 0 amide bonds. The van der Waals surface area contributed by atoms with E-state index in [4.69, 9.17) is 11.5 Å². The van der Waals surface area contributed by atoms with Crippen LogP contribution in [0.4, 0.5) is 11.4 Å². The van der Waals surface area contributed by atoms with E-state index in [-0.39, 0.29) is 19.5 Å². The summed E-state index contributed by atoms with van der Waals surface area (Å²) < 4.78 is 0. The summed E-state index contributed by atoms with van der Waals surface area (Å²) in [5.74, 6) is 0. The van der Waals surface area contributed by atoms with Crippen LogP contribution in [-0.4, -0.2) is 0 Å². The van der Waals surface area contributed by atoms with Gasteiger partial charge in [0.05, 0.1) is 0 Å². The van der Waals surface area contributed by atoms with E-state index in [1.54, 1.807) is 24.3 Å². The number of rotatable bonds is 0. The van der Waals surface area contributed by atoms with E-state index < -0.39 is 0 Å². The summed E-state index contributed by atoms with van der Waals surface area (Å²) in [4.78, 5) is 0. The minimum Gasteiger partial charge on any atom is -0.399 e. The van der Waals surface area contributed by atoms with Gasteiger partial charge in [-0.1, -0.05) is 0 Å². The summed E-state index contributed by atoms with van der Waals surface area (Å²) in [6, 6.07) is 7.09. The molecule has 0 atom stereocenters. The molecule has 0 saturated carbocycles. The van der Waals surface area contributed by atoms with E-state index in [1.807, 2.05) is 0 Å². The molecule has 1 rings (SSSR count). The third-order valence-electron chi connectivity index (χ3n) is 0.936. The monoisotopic (exact) mass is 172 g/mol. The average molecular weight is 174 g/mol. The minimum atomic E-state index is 0. The van der Waals surface area contributed by atoms with Crippen LogP contribution in [0.15, 0.2) is 24.3 Å². The molecule has 0 bridgehead atoms. The first kappa shape index (κ1) is 8.44. The van der Waals surface area contributed by atoms with Gasteiger partial charge in [0.15, 0.2) is 0 Å². The van der Waals surface area contributed by atoms with Crippen molar-refractivity contribution < 1.29 is 19.5 Å². The van der Waals surface area contributed by atoms with E-state index in [2.05, 4.69) is 0 Å². The van der Waals surface area contributed by atoms with Crippen LogP contribution in [0, 0.1) is 0 Å². The second kappa shape index (κ2) is 3.47. The van der Waals surface area contributed by atoms with Crippen LogP contribution in [-0.2, 0) is 19.5 Å². The first-order chi connectivity index (χ1) is 3.79. The van der Waals surface area contributed by atoms with Crippen molar-refractivity contribution in [1.29, 1.82) is 0 Å². The summed E-state index contributed by atoms with van der Waals surface area (Å²) in [5, 5.41) is 0. The van der Waals surface area contributed by atoms with E-state index in [9.17, 15) is 0 Å². The average Bonchev–Trinajstić information content (AvgIpc) is 1.77. The maximum atomic E-state index is 5.37. The molecule has 4 N–H and O–H groups in total. The minimum absolute atomic E-state index is 0. The second-order valence-corrected chi connectivity index (χ2v) is 1.67. The zero-order valence-corrected chi connectivity index (χ0v) is 8.14. The third kappa shape index (κ3) is 2.47. The third-order valence-corrected chi connectivity index (χ3v) is 0.936. The van der Waals surface area contributed by atoms with Gasteiger partial charge in [0.2, 0.25) is 0 Å².